The molecule has 0 bridgehead atoms. The monoisotopic (exact) mass is 424 g/mol. The van der Waals surface area contributed by atoms with E-state index >= 15 is 0 Å². The molecule has 2 aromatic rings. The molecule has 0 N–H and O–H groups in total. The van der Waals surface area contributed by atoms with E-state index < -0.39 is 8.60 Å². The van der Waals surface area contributed by atoms with Crippen LogP contribution in [0.2, 0.25) is 0 Å². The van der Waals surface area contributed by atoms with Gasteiger partial charge in [-0.1, -0.05) is 70.0 Å². The van der Waals surface area contributed by atoms with E-state index in [9.17, 15) is 4.53 Å². The molecule has 2 rings (SSSR count). The van der Waals surface area contributed by atoms with Crippen LogP contribution in [0.3, 0.4) is 0 Å². The highest BCUT2D eigenvalue weighted by atomic mass is 32.1. The number of rotatable bonds is 5. The van der Waals surface area contributed by atoms with Crippen LogP contribution in [0.25, 0.3) is 0 Å². The molecule has 0 radical (unpaired) electrons. The lowest BCUT2D eigenvalue weighted by molar-refractivity contribution is -0.0161. The van der Waals surface area contributed by atoms with Crippen molar-refractivity contribution in [3.05, 3.63) is 52.6 Å². The van der Waals surface area contributed by atoms with Gasteiger partial charge in [0.05, 0.1) is 0 Å². The predicted octanol–water partition coefficient (Wildman–Crippen LogP) is 7.77. The molecule has 0 spiro atoms. The van der Waals surface area contributed by atoms with Crippen molar-refractivity contribution in [2.75, 3.05) is 0 Å². The summed E-state index contributed by atoms with van der Waals surface area (Å²) in [6.45, 7) is 16.5. The van der Waals surface area contributed by atoms with Gasteiger partial charge in [-0.2, -0.15) is 0 Å². The lowest BCUT2D eigenvalue weighted by Gasteiger charge is -2.27. The van der Waals surface area contributed by atoms with Crippen molar-refractivity contribution in [2.24, 2.45) is 0 Å². The summed E-state index contributed by atoms with van der Waals surface area (Å²) in [5.41, 5.74) is 3.67. The molecule has 154 valence electrons. The maximum Gasteiger partial charge on any atom is 0.497 e. The Bertz CT molecular complexity index is 841. The summed E-state index contributed by atoms with van der Waals surface area (Å²) in [5, 5.41) is 0. The molecule has 0 saturated heterocycles. The highest BCUT2D eigenvalue weighted by Gasteiger charge is 2.29. The van der Waals surface area contributed by atoms with E-state index in [2.05, 4.69) is 58.9 Å². The summed E-state index contributed by atoms with van der Waals surface area (Å²) in [5.74, 6) is 1.03. The van der Waals surface area contributed by atoms with Crippen molar-refractivity contribution in [3.8, 4) is 11.5 Å². The van der Waals surface area contributed by atoms with Gasteiger partial charge in [-0.3, -0.25) is 0 Å². The molecular weight excluding hydrogens is 394 g/mol. The first-order chi connectivity index (χ1) is 12.8. The standard InChI is InChI=1S/C22H30FO3PS/c1-14-9-10-18(16(11-14)21(3,4)5)24-27(26-23)25-20-17(22(6,7)8)12-15(2)13-19(20)28/h9-13,28H,1-8H3. The molecule has 0 aromatic heterocycles. The Morgan fingerprint density at radius 3 is 1.93 bits per heavy atom. The number of thiol groups is 1. The Hall–Kier alpha value is -1.29. The number of aryl methyl sites for hydroxylation is 2. The number of halogens is 1. The van der Waals surface area contributed by atoms with Gasteiger partial charge in [0, 0.05) is 16.0 Å². The summed E-state index contributed by atoms with van der Waals surface area (Å²) in [7, 11) is -2.29. The summed E-state index contributed by atoms with van der Waals surface area (Å²) in [6, 6.07) is 9.69. The first kappa shape index (κ1) is 23.0. The van der Waals surface area contributed by atoms with Crippen LogP contribution in [0.4, 0.5) is 4.53 Å². The zero-order chi connectivity index (χ0) is 21.3. The van der Waals surface area contributed by atoms with Gasteiger partial charge in [-0.05, 0) is 46.9 Å². The third-order valence-electron chi connectivity index (χ3n) is 4.36. The Balaban J connectivity index is 2.40. The van der Waals surface area contributed by atoms with Crippen LogP contribution in [0.1, 0.15) is 63.8 Å². The lowest BCUT2D eigenvalue weighted by atomic mass is 9.85. The van der Waals surface area contributed by atoms with Gasteiger partial charge >= 0.3 is 8.60 Å². The molecule has 0 amide bonds. The normalized spacial score (nSPS) is 13.4. The van der Waals surface area contributed by atoms with Crippen molar-refractivity contribution in [3.63, 3.8) is 0 Å². The van der Waals surface area contributed by atoms with E-state index in [0.717, 1.165) is 22.3 Å². The Morgan fingerprint density at radius 2 is 1.39 bits per heavy atom. The SMILES string of the molecule is Cc1ccc(OP(OF)Oc2c(S)cc(C)cc2C(C)(C)C)c(C(C)(C)C)c1. The van der Waals surface area contributed by atoms with Crippen LogP contribution in [0, 0.1) is 13.8 Å². The third kappa shape index (κ3) is 5.62. The molecule has 28 heavy (non-hydrogen) atoms. The van der Waals surface area contributed by atoms with Crippen LogP contribution >= 0.6 is 21.2 Å². The fraction of sp³-hybridized carbons (Fsp3) is 0.455. The van der Waals surface area contributed by atoms with E-state index in [1.54, 1.807) is 0 Å². The fourth-order valence-corrected chi connectivity index (χ4v) is 4.12. The molecule has 2 aromatic carbocycles. The number of benzene rings is 2. The van der Waals surface area contributed by atoms with Crippen LogP contribution in [0.5, 0.6) is 11.5 Å². The van der Waals surface area contributed by atoms with Gasteiger partial charge in [0.1, 0.15) is 11.5 Å². The Morgan fingerprint density at radius 1 is 0.821 bits per heavy atom. The minimum atomic E-state index is -2.29. The maximum atomic E-state index is 13.4. The van der Waals surface area contributed by atoms with Crippen LogP contribution in [-0.2, 0) is 15.6 Å². The molecule has 1 unspecified atom stereocenters. The summed E-state index contributed by atoms with van der Waals surface area (Å²) in [4.78, 5) is 0.623. The van der Waals surface area contributed by atoms with Crippen LogP contribution in [-0.4, -0.2) is 0 Å². The van der Waals surface area contributed by atoms with E-state index in [1.165, 1.54) is 0 Å². The molecule has 0 fully saturated rings. The van der Waals surface area contributed by atoms with E-state index in [-0.39, 0.29) is 10.8 Å². The van der Waals surface area contributed by atoms with Crippen molar-refractivity contribution in [1.29, 1.82) is 0 Å². The number of hydrogen-bond acceptors (Lipinski definition) is 4. The average molecular weight is 425 g/mol. The summed E-state index contributed by atoms with van der Waals surface area (Å²) < 4.78 is 29.2. The third-order valence-corrected chi connectivity index (χ3v) is 5.48. The molecule has 0 aliphatic rings. The average Bonchev–Trinajstić information content (AvgIpc) is 2.55. The van der Waals surface area contributed by atoms with Gasteiger partial charge in [-0.15, -0.1) is 12.6 Å². The second kappa shape index (κ2) is 8.61. The summed E-state index contributed by atoms with van der Waals surface area (Å²) >= 11 is 4.54. The first-order valence-corrected chi connectivity index (χ1v) is 10.8. The fourth-order valence-electron chi connectivity index (χ4n) is 2.92. The molecule has 0 aliphatic heterocycles. The molecule has 0 aliphatic carbocycles. The van der Waals surface area contributed by atoms with Gasteiger partial charge in [0.25, 0.3) is 0 Å². The quantitative estimate of drug-likeness (QED) is 0.392. The highest BCUT2D eigenvalue weighted by Crippen LogP contribution is 2.49. The number of hydrogen-bond donors (Lipinski definition) is 1. The second-order valence-electron chi connectivity index (χ2n) is 9.14. The van der Waals surface area contributed by atoms with Gasteiger partial charge < -0.3 is 9.05 Å². The van der Waals surface area contributed by atoms with Gasteiger partial charge in [-0.25, -0.2) is 0 Å². The minimum Gasteiger partial charge on any atom is -0.416 e. The smallest absolute Gasteiger partial charge is 0.416 e. The highest BCUT2D eigenvalue weighted by molar-refractivity contribution is 7.80. The largest absolute Gasteiger partial charge is 0.497 e. The predicted molar refractivity (Wildman–Crippen MR) is 117 cm³/mol. The molecule has 0 saturated carbocycles. The van der Waals surface area contributed by atoms with Crippen molar-refractivity contribution >= 4 is 21.2 Å². The topological polar surface area (TPSA) is 27.7 Å². The Kier molecular flexibility index (Phi) is 7.07. The van der Waals surface area contributed by atoms with E-state index in [0.29, 0.717) is 16.4 Å². The first-order valence-electron chi connectivity index (χ1n) is 9.23. The van der Waals surface area contributed by atoms with Gasteiger partial charge in [0.2, 0.25) is 0 Å². The maximum absolute atomic E-state index is 13.4. The van der Waals surface area contributed by atoms with Crippen molar-refractivity contribution in [1.82, 2.24) is 0 Å². The summed E-state index contributed by atoms with van der Waals surface area (Å²) in [6.07, 6.45) is 0. The van der Waals surface area contributed by atoms with Crippen molar-refractivity contribution in [2.45, 2.75) is 71.1 Å². The van der Waals surface area contributed by atoms with Crippen LogP contribution < -0.4 is 9.05 Å². The molecular formula is C22H30FO3PS. The zero-order valence-electron chi connectivity index (χ0n) is 17.9. The van der Waals surface area contributed by atoms with Crippen LogP contribution in [0.15, 0.2) is 35.2 Å². The molecule has 0 heterocycles. The molecule has 1 atom stereocenters. The lowest BCUT2D eigenvalue weighted by Crippen LogP contribution is -2.15. The minimum absolute atomic E-state index is 0.173. The van der Waals surface area contributed by atoms with E-state index in [4.69, 9.17) is 9.05 Å². The van der Waals surface area contributed by atoms with Gasteiger partial charge in [0.15, 0.2) is 0 Å². The van der Waals surface area contributed by atoms with E-state index in [1.807, 2.05) is 44.2 Å². The Labute approximate surface area is 174 Å². The molecule has 3 nitrogen and oxygen atoms in total. The zero-order valence-corrected chi connectivity index (χ0v) is 19.7. The molecule has 6 heteroatoms. The second-order valence-corrected chi connectivity index (χ2v) is 10.6. The van der Waals surface area contributed by atoms with Crippen molar-refractivity contribution < 1.29 is 18.3 Å².